The Morgan fingerprint density at radius 3 is 2.82 bits per heavy atom. The van der Waals surface area contributed by atoms with Crippen molar-refractivity contribution in [3.63, 3.8) is 0 Å². The van der Waals surface area contributed by atoms with Crippen molar-refractivity contribution < 1.29 is 13.9 Å². The first-order valence-corrected chi connectivity index (χ1v) is 9.02. The molecule has 6 nitrogen and oxygen atoms in total. The van der Waals surface area contributed by atoms with Crippen LogP contribution in [0, 0.1) is 5.82 Å². The van der Waals surface area contributed by atoms with Crippen molar-refractivity contribution in [1.29, 1.82) is 0 Å². The standard InChI is InChI=1S/C20H18ClFN4O2/c1-2-10-28-14-8-6-13(7-9-14)18-11-19(25-24-18)20(27)26-23-12-15-16(21)4-3-5-17(15)22/h3-9,11-12H,2,10H2,1H3,(H,24,25)(H,26,27)/b23-12+. The number of carbonyl (C=O) groups is 1. The lowest BCUT2D eigenvalue weighted by Crippen LogP contribution is -2.18. The number of nitrogens with one attached hydrogen (secondary N) is 2. The minimum absolute atomic E-state index is 0.0974. The number of aromatic nitrogens is 2. The molecule has 0 aliphatic rings. The highest BCUT2D eigenvalue weighted by Crippen LogP contribution is 2.21. The molecule has 2 aromatic carbocycles. The molecule has 0 radical (unpaired) electrons. The van der Waals surface area contributed by atoms with Crippen LogP contribution in [0.4, 0.5) is 4.39 Å². The van der Waals surface area contributed by atoms with E-state index in [1.807, 2.05) is 31.2 Å². The number of ether oxygens (including phenoxy) is 1. The summed E-state index contributed by atoms with van der Waals surface area (Å²) in [5.41, 5.74) is 4.07. The predicted octanol–water partition coefficient (Wildman–Crippen LogP) is 4.42. The van der Waals surface area contributed by atoms with Crippen LogP contribution in [0.5, 0.6) is 5.75 Å². The first-order chi connectivity index (χ1) is 13.6. The normalized spacial score (nSPS) is 11.0. The number of carbonyl (C=O) groups excluding carboxylic acids is 1. The van der Waals surface area contributed by atoms with E-state index >= 15 is 0 Å². The molecule has 0 spiro atoms. The number of rotatable bonds is 7. The van der Waals surface area contributed by atoms with Crippen molar-refractivity contribution in [2.45, 2.75) is 13.3 Å². The van der Waals surface area contributed by atoms with Gasteiger partial charge in [0, 0.05) is 11.1 Å². The molecule has 1 heterocycles. The Kier molecular flexibility index (Phi) is 6.39. The fourth-order valence-corrected chi connectivity index (χ4v) is 2.59. The number of amides is 1. The molecule has 1 aromatic heterocycles. The molecule has 3 aromatic rings. The monoisotopic (exact) mass is 400 g/mol. The summed E-state index contributed by atoms with van der Waals surface area (Å²) >= 11 is 5.90. The van der Waals surface area contributed by atoms with Gasteiger partial charge in [-0.3, -0.25) is 9.89 Å². The number of aromatic amines is 1. The Bertz CT molecular complexity index is 966. The molecule has 0 aliphatic heterocycles. The summed E-state index contributed by atoms with van der Waals surface area (Å²) in [5, 5.41) is 10.7. The van der Waals surface area contributed by atoms with Crippen molar-refractivity contribution in [2.24, 2.45) is 5.10 Å². The maximum absolute atomic E-state index is 13.7. The molecule has 2 N–H and O–H groups in total. The van der Waals surface area contributed by atoms with Gasteiger partial charge in [0.25, 0.3) is 5.91 Å². The average molecular weight is 401 g/mol. The molecule has 144 valence electrons. The second kappa shape index (κ2) is 9.14. The number of hydrogen-bond acceptors (Lipinski definition) is 4. The number of nitrogens with zero attached hydrogens (tertiary/aromatic N) is 2. The zero-order chi connectivity index (χ0) is 19.9. The Labute approximate surface area is 166 Å². The Balaban J connectivity index is 1.64. The van der Waals surface area contributed by atoms with Crippen LogP contribution in [0.3, 0.4) is 0 Å². The van der Waals surface area contributed by atoms with Crippen LogP contribution in [-0.2, 0) is 0 Å². The molecule has 0 saturated heterocycles. The minimum atomic E-state index is -0.527. The van der Waals surface area contributed by atoms with Crippen molar-refractivity contribution in [2.75, 3.05) is 6.61 Å². The highest BCUT2D eigenvalue weighted by molar-refractivity contribution is 6.33. The third kappa shape index (κ3) is 4.75. The zero-order valence-electron chi connectivity index (χ0n) is 15.1. The van der Waals surface area contributed by atoms with Gasteiger partial charge in [-0.2, -0.15) is 10.2 Å². The summed E-state index contributed by atoms with van der Waals surface area (Å²) in [4.78, 5) is 12.2. The van der Waals surface area contributed by atoms with Gasteiger partial charge in [0.2, 0.25) is 0 Å². The van der Waals surface area contributed by atoms with E-state index < -0.39 is 11.7 Å². The summed E-state index contributed by atoms with van der Waals surface area (Å²) in [5.74, 6) is -0.258. The lowest BCUT2D eigenvalue weighted by atomic mass is 10.1. The van der Waals surface area contributed by atoms with Crippen molar-refractivity contribution in [1.82, 2.24) is 15.6 Å². The second-order valence-electron chi connectivity index (χ2n) is 5.87. The number of benzene rings is 2. The molecule has 0 fully saturated rings. The first-order valence-electron chi connectivity index (χ1n) is 8.64. The maximum Gasteiger partial charge on any atom is 0.289 e. The molecule has 8 heteroatoms. The van der Waals surface area contributed by atoms with E-state index in [1.54, 1.807) is 6.07 Å². The van der Waals surface area contributed by atoms with Gasteiger partial charge in [-0.05, 0) is 48.9 Å². The van der Waals surface area contributed by atoms with Gasteiger partial charge >= 0.3 is 0 Å². The fourth-order valence-electron chi connectivity index (χ4n) is 2.38. The van der Waals surface area contributed by atoms with Crippen LogP contribution in [0.2, 0.25) is 5.02 Å². The van der Waals surface area contributed by atoms with Crippen LogP contribution in [0.25, 0.3) is 11.3 Å². The summed E-state index contributed by atoms with van der Waals surface area (Å²) < 4.78 is 19.2. The smallest absolute Gasteiger partial charge is 0.289 e. The van der Waals surface area contributed by atoms with Gasteiger partial charge in [0.1, 0.15) is 17.3 Å². The summed E-state index contributed by atoms with van der Waals surface area (Å²) in [6.07, 6.45) is 2.09. The van der Waals surface area contributed by atoms with E-state index in [2.05, 4.69) is 20.7 Å². The van der Waals surface area contributed by atoms with E-state index in [1.165, 1.54) is 18.2 Å². The molecule has 28 heavy (non-hydrogen) atoms. The summed E-state index contributed by atoms with van der Waals surface area (Å²) in [6.45, 7) is 2.70. The van der Waals surface area contributed by atoms with Gasteiger partial charge in [-0.1, -0.05) is 24.6 Å². The quantitative estimate of drug-likeness (QED) is 0.455. The van der Waals surface area contributed by atoms with Crippen LogP contribution in [0.1, 0.15) is 29.4 Å². The topological polar surface area (TPSA) is 79.4 Å². The molecule has 0 aliphatic carbocycles. The number of H-pyrrole nitrogens is 1. The van der Waals surface area contributed by atoms with E-state index in [0.29, 0.717) is 12.3 Å². The van der Waals surface area contributed by atoms with E-state index in [9.17, 15) is 9.18 Å². The third-order valence-electron chi connectivity index (χ3n) is 3.80. The van der Waals surface area contributed by atoms with E-state index in [-0.39, 0.29) is 16.3 Å². The molecule has 0 saturated carbocycles. The van der Waals surface area contributed by atoms with Gasteiger partial charge < -0.3 is 4.74 Å². The van der Waals surface area contributed by atoms with Crippen molar-refractivity contribution >= 4 is 23.7 Å². The van der Waals surface area contributed by atoms with Gasteiger partial charge in [0.15, 0.2) is 0 Å². The molecule has 0 atom stereocenters. The van der Waals surface area contributed by atoms with Crippen LogP contribution in [-0.4, -0.2) is 28.9 Å². The van der Waals surface area contributed by atoms with Crippen molar-refractivity contribution in [3.05, 3.63) is 70.6 Å². The maximum atomic E-state index is 13.7. The summed E-state index contributed by atoms with van der Waals surface area (Å²) in [7, 11) is 0. The molecule has 3 rings (SSSR count). The van der Waals surface area contributed by atoms with Crippen LogP contribution in [0.15, 0.2) is 53.6 Å². The van der Waals surface area contributed by atoms with E-state index in [4.69, 9.17) is 16.3 Å². The Morgan fingerprint density at radius 1 is 1.32 bits per heavy atom. The molecule has 1 amide bonds. The SMILES string of the molecule is CCCOc1ccc(-c2cc(C(=O)N/N=C/c3c(F)cccc3Cl)[nH]n2)cc1. The van der Waals surface area contributed by atoms with Crippen LogP contribution < -0.4 is 10.2 Å². The lowest BCUT2D eigenvalue weighted by Gasteiger charge is -2.04. The largest absolute Gasteiger partial charge is 0.494 e. The van der Waals surface area contributed by atoms with Gasteiger partial charge in [0.05, 0.1) is 23.5 Å². The highest BCUT2D eigenvalue weighted by atomic mass is 35.5. The molecular formula is C20H18ClFN4O2. The first kappa shape index (κ1) is 19.6. The third-order valence-corrected chi connectivity index (χ3v) is 4.13. The van der Waals surface area contributed by atoms with Crippen molar-refractivity contribution in [3.8, 4) is 17.0 Å². The second-order valence-corrected chi connectivity index (χ2v) is 6.28. The predicted molar refractivity (Wildman–Crippen MR) is 106 cm³/mol. The number of hydrogen-bond donors (Lipinski definition) is 2. The average Bonchev–Trinajstić information content (AvgIpc) is 3.19. The Hall–Kier alpha value is -3.19. The highest BCUT2D eigenvalue weighted by Gasteiger charge is 2.11. The van der Waals surface area contributed by atoms with Gasteiger partial charge in [-0.15, -0.1) is 0 Å². The Morgan fingerprint density at radius 2 is 2.11 bits per heavy atom. The molecule has 0 bridgehead atoms. The zero-order valence-corrected chi connectivity index (χ0v) is 15.8. The van der Waals surface area contributed by atoms with E-state index in [0.717, 1.165) is 23.9 Å². The molecular weight excluding hydrogens is 383 g/mol. The van der Waals surface area contributed by atoms with Gasteiger partial charge in [-0.25, -0.2) is 9.82 Å². The number of hydrazone groups is 1. The fraction of sp³-hybridized carbons (Fsp3) is 0.150. The summed E-state index contributed by atoms with van der Waals surface area (Å²) in [6, 6.07) is 13.3. The minimum Gasteiger partial charge on any atom is -0.494 e. The lowest BCUT2D eigenvalue weighted by molar-refractivity contribution is 0.0950. The molecule has 0 unspecified atom stereocenters. The van der Waals surface area contributed by atoms with Crippen LogP contribution >= 0.6 is 11.6 Å². The number of halogens is 2.